The van der Waals surface area contributed by atoms with E-state index in [0.717, 1.165) is 6.33 Å². The minimum atomic E-state index is -4.43. The zero-order valence-electron chi connectivity index (χ0n) is 21.9. The van der Waals surface area contributed by atoms with Crippen molar-refractivity contribution in [2.24, 2.45) is 0 Å². The second-order valence-corrected chi connectivity index (χ2v) is 15.6. The van der Waals surface area contributed by atoms with E-state index >= 15 is 8.78 Å². The first-order valence-corrected chi connectivity index (χ1v) is 18.1. The Balaban J connectivity index is 1.20. The molecule has 3 saturated heterocycles. The Bertz CT molecular complexity index is 1840. The minimum absolute atomic E-state index is 0.0478. The van der Waals surface area contributed by atoms with Crippen LogP contribution in [0.15, 0.2) is 25.3 Å². The van der Waals surface area contributed by atoms with Crippen LogP contribution in [0, 0.1) is 0 Å². The number of thiol groups is 2. The molecular formula is C20H22F2N10O8P2S2. The number of anilines is 2. The first-order chi connectivity index (χ1) is 20.9. The van der Waals surface area contributed by atoms with Gasteiger partial charge in [0.05, 0.1) is 25.9 Å². The lowest BCUT2D eigenvalue weighted by Crippen LogP contribution is -2.33. The summed E-state index contributed by atoms with van der Waals surface area (Å²) >= 11 is 7.99. The molecule has 44 heavy (non-hydrogen) atoms. The van der Waals surface area contributed by atoms with Crippen molar-refractivity contribution in [3.05, 3.63) is 25.3 Å². The van der Waals surface area contributed by atoms with Gasteiger partial charge in [0.1, 0.15) is 48.1 Å². The number of halogens is 2. The summed E-state index contributed by atoms with van der Waals surface area (Å²) in [6.45, 7) is -10.2. The summed E-state index contributed by atoms with van der Waals surface area (Å²) in [4.78, 5) is 24.2. The van der Waals surface area contributed by atoms with Gasteiger partial charge in [-0.25, -0.2) is 47.8 Å². The van der Waals surface area contributed by atoms with Crippen LogP contribution in [0.25, 0.3) is 22.3 Å². The second kappa shape index (κ2) is 11.1. The standard InChI is InChI=1S/C20H22F2N10O8P2S2/c21-9-7-1-35-41(33,43)39-13-8(38-19(10(13)22)31-5-29-11-15(23)25-3-27-17(11)31)2-36-42(34,44)40-14(9)20(37-7)32-6-30-12-16(24)26-4-28-18(12)32/h3-10,13-14,19-20H,1-2H2,(H,33,43)(H,34,44)(H2,23,25,27)(H2,24,26,28)/t7-,8-,9+,10-,13-,14-,19-,20-,41+,42-/m1/s1. The number of ether oxygens (including phenoxy) is 2. The molecule has 2 bridgehead atoms. The number of nitrogen functional groups attached to an aromatic ring is 2. The zero-order valence-corrected chi connectivity index (χ0v) is 25.5. The number of rotatable bonds is 2. The predicted octanol–water partition coefficient (Wildman–Crippen LogP) is 2.19. The maximum Gasteiger partial charge on any atom is 0.386 e. The summed E-state index contributed by atoms with van der Waals surface area (Å²) in [7, 11) is 0. The van der Waals surface area contributed by atoms with Crippen molar-refractivity contribution >= 4 is 72.1 Å². The molecule has 0 spiro atoms. The van der Waals surface area contributed by atoms with Crippen LogP contribution < -0.4 is 11.5 Å². The molecule has 0 unspecified atom stereocenters. The maximum atomic E-state index is 16.0. The zero-order chi connectivity index (χ0) is 31.0. The molecule has 3 aliphatic heterocycles. The van der Waals surface area contributed by atoms with Crippen LogP contribution in [-0.4, -0.2) is 89.0 Å². The van der Waals surface area contributed by atoms with Crippen molar-refractivity contribution in [2.75, 3.05) is 24.7 Å². The Morgan fingerprint density at radius 2 is 1.23 bits per heavy atom. The Hall–Kier alpha value is -2.52. The molecule has 0 amide bonds. The second-order valence-electron chi connectivity index (χ2n) is 9.85. The third-order valence-electron chi connectivity index (χ3n) is 7.17. The van der Waals surface area contributed by atoms with Crippen LogP contribution in [0.1, 0.15) is 12.5 Å². The minimum Gasteiger partial charge on any atom is -0.382 e. The van der Waals surface area contributed by atoms with E-state index in [4.69, 9.17) is 39.0 Å². The van der Waals surface area contributed by atoms with E-state index in [0.29, 0.717) is 0 Å². The number of fused-ring (bicyclic) bond motifs is 5. The number of alkyl halides is 2. The van der Waals surface area contributed by atoms with Gasteiger partial charge in [0.25, 0.3) is 0 Å². The van der Waals surface area contributed by atoms with Crippen LogP contribution in [0.3, 0.4) is 0 Å². The summed E-state index contributed by atoms with van der Waals surface area (Å²) in [5.74, 6) is 0.0984. The molecular weight excluding hydrogens is 672 g/mol. The van der Waals surface area contributed by atoms with E-state index < -0.39 is 76.0 Å². The molecule has 3 fully saturated rings. The third-order valence-corrected chi connectivity index (χ3v) is 10.4. The predicted molar refractivity (Wildman–Crippen MR) is 152 cm³/mol. The molecule has 7 heterocycles. The fourth-order valence-electron chi connectivity index (χ4n) is 5.16. The Labute approximate surface area is 255 Å². The van der Waals surface area contributed by atoms with E-state index in [2.05, 4.69) is 54.4 Å². The Morgan fingerprint density at radius 3 is 1.82 bits per heavy atom. The van der Waals surface area contributed by atoms with E-state index in [1.165, 1.54) is 28.1 Å². The molecule has 4 N–H and O–H groups in total. The number of imidazole rings is 2. The van der Waals surface area contributed by atoms with Gasteiger partial charge in [-0.05, 0) is 0 Å². The quantitative estimate of drug-likeness (QED) is 0.174. The van der Waals surface area contributed by atoms with Crippen LogP contribution >= 0.6 is 38.1 Å². The number of hydrogen-bond donors (Lipinski definition) is 4. The van der Waals surface area contributed by atoms with Crippen molar-refractivity contribution in [1.82, 2.24) is 39.0 Å². The van der Waals surface area contributed by atoms with Gasteiger partial charge in [-0.1, -0.05) is 24.5 Å². The van der Waals surface area contributed by atoms with Crippen LogP contribution in [0.5, 0.6) is 0 Å². The van der Waals surface area contributed by atoms with Gasteiger partial charge in [0.2, 0.25) is 0 Å². The Kier molecular flexibility index (Phi) is 7.59. The van der Waals surface area contributed by atoms with Crippen LogP contribution in [0.2, 0.25) is 0 Å². The lowest BCUT2D eigenvalue weighted by atomic mass is 10.1. The number of aromatic nitrogens is 8. The summed E-state index contributed by atoms with van der Waals surface area (Å²) in [5.41, 5.74) is 12.4. The topological polar surface area (TPSA) is 229 Å². The smallest absolute Gasteiger partial charge is 0.382 e. The van der Waals surface area contributed by atoms with Gasteiger partial charge in [-0.2, -0.15) is 0 Å². The molecule has 0 saturated carbocycles. The highest BCUT2D eigenvalue weighted by molar-refractivity contribution is 8.44. The maximum absolute atomic E-state index is 16.0. The molecule has 236 valence electrons. The van der Waals surface area contributed by atoms with Crippen molar-refractivity contribution < 1.29 is 45.5 Å². The van der Waals surface area contributed by atoms with Gasteiger partial charge in [-0.3, -0.25) is 27.2 Å². The van der Waals surface area contributed by atoms with Crippen molar-refractivity contribution in [3.8, 4) is 0 Å². The number of hydrogen-bond acceptors (Lipinski definition) is 16. The fraction of sp³-hybridized carbons (Fsp3) is 0.500. The van der Waals surface area contributed by atoms with Crippen molar-refractivity contribution in [3.63, 3.8) is 0 Å². The monoisotopic (exact) mass is 694 g/mol. The lowest BCUT2D eigenvalue weighted by Gasteiger charge is -2.26. The fourth-order valence-corrected chi connectivity index (χ4v) is 8.09. The van der Waals surface area contributed by atoms with E-state index in [1.54, 1.807) is 0 Å². The highest BCUT2D eigenvalue weighted by Crippen LogP contribution is 2.60. The lowest BCUT2D eigenvalue weighted by molar-refractivity contribution is -0.0563. The van der Waals surface area contributed by atoms with Crippen LogP contribution in [-0.2, 0) is 36.7 Å². The SMILES string of the molecule is Nc1ncnc2c1ncn2[C@@H]1O[C@@H]2CO[P@@](=O)(S)O[C@@H]3[C@@H](F)[C@@H](CO[P@](=O)(S)O[C@H]2[C@H]1F)O[C@H]3n1cnc2c(N)ncnc21. The van der Waals surface area contributed by atoms with Gasteiger partial charge in [0.15, 0.2) is 47.7 Å². The van der Waals surface area contributed by atoms with E-state index in [9.17, 15) is 9.13 Å². The first-order valence-electron chi connectivity index (χ1n) is 12.7. The molecule has 18 nitrogen and oxygen atoms in total. The van der Waals surface area contributed by atoms with Gasteiger partial charge in [0, 0.05) is 0 Å². The molecule has 7 rings (SSSR count). The van der Waals surface area contributed by atoms with Crippen molar-refractivity contribution in [2.45, 2.75) is 49.2 Å². The normalized spacial score (nSPS) is 38.3. The molecule has 0 aromatic carbocycles. The van der Waals surface area contributed by atoms with E-state index in [1.807, 2.05) is 0 Å². The van der Waals surface area contributed by atoms with Gasteiger partial charge >= 0.3 is 13.6 Å². The van der Waals surface area contributed by atoms with Crippen LogP contribution in [0.4, 0.5) is 20.4 Å². The van der Waals surface area contributed by atoms with Gasteiger partial charge in [-0.15, -0.1) is 0 Å². The Morgan fingerprint density at radius 1 is 0.727 bits per heavy atom. The average Bonchev–Trinajstić information content (AvgIpc) is 3.73. The summed E-state index contributed by atoms with van der Waals surface area (Å²) in [6, 6.07) is 0. The summed E-state index contributed by atoms with van der Waals surface area (Å²) < 4.78 is 94.5. The highest BCUT2D eigenvalue weighted by Gasteiger charge is 2.54. The van der Waals surface area contributed by atoms with E-state index in [-0.39, 0.29) is 34.0 Å². The highest BCUT2D eigenvalue weighted by atomic mass is 32.7. The third kappa shape index (κ3) is 5.25. The molecule has 4 aromatic heterocycles. The molecule has 10 atom stereocenters. The van der Waals surface area contributed by atoms with Crippen molar-refractivity contribution in [1.29, 1.82) is 0 Å². The number of nitrogens with two attached hydrogens (primary N) is 2. The van der Waals surface area contributed by atoms with Gasteiger partial charge < -0.3 is 20.9 Å². The summed E-state index contributed by atoms with van der Waals surface area (Å²) in [5, 5.41) is 0. The number of nitrogens with zero attached hydrogens (tertiary/aromatic N) is 8. The molecule has 0 aliphatic carbocycles. The first kappa shape index (κ1) is 30.2. The molecule has 24 heteroatoms. The molecule has 4 aromatic rings. The summed E-state index contributed by atoms with van der Waals surface area (Å²) in [6.07, 6.45) is -8.18. The molecule has 0 radical (unpaired) electrons. The molecule has 3 aliphatic rings. The largest absolute Gasteiger partial charge is 0.386 e. The average molecular weight is 695 g/mol.